The molecule has 3 aromatic rings. The zero-order valence-electron chi connectivity index (χ0n) is 18.6. The van der Waals surface area contributed by atoms with Gasteiger partial charge in [-0.3, -0.25) is 9.52 Å². The van der Waals surface area contributed by atoms with E-state index in [0.29, 0.717) is 23.1 Å². The molecule has 1 amide bonds. The van der Waals surface area contributed by atoms with Crippen LogP contribution in [0.1, 0.15) is 21.5 Å². The summed E-state index contributed by atoms with van der Waals surface area (Å²) in [5, 5.41) is 0.490. The number of amidine groups is 2. The first-order valence-corrected chi connectivity index (χ1v) is 13.4. The second-order valence-corrected chi connectivity index (χ2v) is 11.0. The fourth-order valence-electron chi connectivity index (χ4n) is 3.74. The number of amides is 1. The fourth-order valence-corrected chi connectivity index (χ4v) is 5.35. The van der Waals surface area contributed by atoms with Gasteiger partial charge in [0.05, 0.1) is 4.90 Å². The van der Waals surface area contributed by atoms with Crippen LogP contribution in [0.3, 0.4) is 0 Å². The largest absolute Gasteiger partial charge is 0.327 e. The molecule has 0 atom stereocenters. The molecule has 0 bridgehead atoms. The molecule has 0 fully saturated rings. The smallest absolute Gasteiger partial charge is 0.279 e. The molecule has 0 saturated carbocycles. The number of carbonyl (C=O) groups excluding carboxylic acids is 1. The van der Waals surface area contributed by atoms with E-state index in [9.17, 15) is 13.2 Å². The molecule has 7 nitrogen and oxygen atoms in total. The molecule has 2 aliphatic heterocycles. The Bertz CT molecular complexity index is 1600. The lowest BCUT2D eigenvalue weighted by Crippen LogP contribution is -2.24. The number of sulfonamides is 1. The molecule has 3 aromatic carbocycles. The number of hydrogen-bond acceptors (Lipinski definition) is 4. The third-order valence-electron chi connectivity index (χ3n) is 5.48. The van der Waals surface area contributed by atoms with Gasteiger partial charge in [0.1, 0.15) is 5.84 Å². The second kappa shape index (κ2) is 9.85. The van der Waals surface area contributed by atoms with Crippen molar-refractivity contribution in [3.63, 3.8) is 0 Å². The van der Waals surface area contributed by atoms with Crippen LogP contribution >= 0.6 is 27.5 Å². The topological polar surface area (TPSA) is 91.2 Å². The van der Waals surface area contributed by atoms with Gasteiger partial charge < -0.3 is 4.90 Å². The summed E-state index contributed by atoms with van der Waals surface area (Å²) in [5.41, 5.74) is 2.17. The summed E-state index contributed by atoms with van der Waals surface area (Å²) in [7, 11) is -3.94. The van der Waals surface area contributed by atoms with Crippen molar-refractivity contribution in [3.8, 4) is 0 Å². The molecule has 0 aromatic heterocycles. The van der Waals surface area contributed by atoms with E-state index in [4.69, 9.17) is 11.6 Å². The van der Waals surface area contributed by atoms with E-state index < -0.39 is 15.9 Å². The zero-order chi connectivity index (χ0) is 25.3. The van der Waals surface area contributed by atoms with Crippen molar-refractivity contribution in [3.05, 3.63) is 117 Å². The third kappa shape index (κ3) is 5.18. The van der Waals surface area contributed by atoms with Crippen LogP contribution in [0.5, 0.6) is 0 Å². The van der Waals surface area contributed by atoms with E-state index in [1.165, 1.54) is 24.3 Å². The van der Waals surface area contributed by atoms with Gasteiger partial charge in [-0.15, -0.1) is 0 Å². The van der Waals surface area contributed by atoms with E-state index >= 15 is 0 Å². The molecule has 5 rings (SSSR count). The highest BCUT2D eigenvalue weighted by molar-refractivity contribution is 9.11. The van der Waals surface area contributed by atoms with Crippen LogP contribution in [0.15, 0.2) is 111 Å². The summed E-state index contributed by atoms with van der Waals surface area (Å²) in [6, 6.07) is 19.6. The van der Waals surface area contributed by atoms with E-state index in [-0.39, 0.29) is 16.3 Å². The van der Waals surface area contributed by atoms with Crippen LogP contribution in [0, 0.1) is 0 Å². The summed E-state index contributed by atoms with van der Waals surface area (Å²) in [4.78, 5) is 24.0. The molecule has 0 aliphatic carbocycles. The standard InChI is InChI=1S/C26H18BrClN4O3S/c27-19-8-13-24-29-25(23-7-2-1-4-18(23)15-32(24)16-19)30-26(33)17-5-3-6-22(14-17)36(34,35)31-21-11-9-20(28)10-12-21/h1-14,16,31H,15H2. The number of nitrogens with zero attached hydrogens (tertiary/aromatic N) is 3. The lowest BCUT2D eigenvalue weighted by Gasteiger charge is -2.21. The van der Waals surface area contributed by atoms with Gasteiger partial charge in [-0.05, 0) is 76.1 Å². The minimum Gasteiger partial charge on any atom is -0.327 e. The van der Waals surface area contributed by atoms with Crippen LogP contribution in [0.25, 0.3) is 0 Å². The maximum Gasteiger partial charge on any atom is 0.279 e. The van der Waals surface area contributed by atoms with Crippen molar-refractivity contribution in [2.24, 2.45) is 9.98 Å². The maximum atomic E-state index is 13.2. The van der Waals surface area contributed by atoms with Crippen molar-refractivity contribution < 1.29 is 13.2 Å². The monoisotopic (exact) mass is 580 g/mol. The van der Waals surface area contributed by atoms with E-state index in [1.54, 1.807) is 24.3 Å². The number of allylic oxidation sites excluding steroid dienone is 2. The van der Waals surface area contributed by atoms with E-state index in [0.717, 1.165) is 15.6 Å². The number of rotatable bonds is 4. The van der Waals surface area contributed by atoms with Gasteiger partial charge in [-0.1, -0.05) is 41.9 Å². The Morgan fingerprint density at radius 3 is 2.61 bits per heavy atom. The normalized spacial score (nSPS) is 15.9. The lowest BCUT2D eigenvalue weighted by molar-refractivity contribution is 0.100. The second-order valence-electron chi connectivity index (χ2n) is 7.98. The number of fused-ring (bicyclic) bond motifs is 2. The molecule has 2 heterocycles. The summed E-state index contributed by atoms with van der Waals surface area (Å²) in [5.74, 6) is 0.304. The van der Waals surface area contributed by atoms with Crippen molar-refractivity contribution in [1.82, 2.24) is 4.90 Å². The Morgan fingerprint density at radius 2 is 1.81 bits per heavy atom. The van der Waals surface area contributed by atoms with Crippen molar-refractivity contribution in [2.45, 2.75) is 11.4 Å². The molecule has 36 heavy (non-hydrogen) atoms. The zero-order valence-corrected chi connectivity index (χ0v) is 21.8. The lowest BCUT2D eigenvalue weighted by atomic mass is 10.1. The number of hydrogen-bond donors (Lipinski definition) is 1. The van der Waals surface area contributed by atoms with Gasteiger partial charge in [0, 0.05) is 39.1 Å². The molecular weight excluding hydrogens is 564 g/mol. The van der Waals surface area contributed by atoms with Gasteiger partial charge in [-0.2, -0.15) is 4.99 Å². The van der Waals surface area contributed by atoms with Crippen LogP contribution in [-0.2, 0) is 16.6 Å². The Balaban J connectivity index is 1.49. The fraction of sp³-hybridized carbons (Fsp3) is 0.0385. The Labute approximate surface area is 221 Å². The van der Waals surface area contributed by atoms with Crippen molar-refractivity contribution in [1.29, 1.82) is 0 Å². The summed E-state index contributed by atoms with van der Waals surface area (Å²) >= 11 is 9.36. The van der Waals surface area contributed by atoms with Gasteiger partial charge in [-0.25, -0.2) is 13.4 Å². The average molecular weight is 582 g/mol. The molecular formula is C26H18BrClN4O3S. The highest BCUT2D eigenvalue weighted by Crippen LogP contribution is 2.24. The van der Waals surface area contributed by atoms with E-state index in [2.05, 4.69) is 30.6 Å². The number of carbonyl (C=O) groups is 1. The minimum atomic E-state index is -3.94. The van der Waals surface area contributed by atoms with Crippen LogP contribution in [0.2, 0.25) is 5.02 Å². The van der Waals surface area contributed by atoms with Crippen molar-refractivity contribution in [2.75, 3.05) is 4.72 Å². The molecule has 0 spiro atoms. The molecule has 180 valence electrons. The predicted octanol–water partition coefficient (Wildman–Crippen LogP) is 5.75. The van der Waals surface area contributed by atoms with Gasteiger partial charge >= 0.3 is 0 Å². The summed E-state index contributed by atoms with van der Waals surface area (Å²) < 4.78 is 29.2. The van der Waals surface area contributed by atoms with Crippen LogP contribution in [0.4, 0.5) is 5.69 Å². The van der Waals surface area contributed by atoms with Crippen molar-refractivity contribution >= 4 is 60.8 Å². The molecule has 0 unspecified atom stereocenters. The Hall–Kier alpha value is -3.53. The number of aliphatic imine (C=N–C) groups is 2. The van der Waals surface area contributed by atoms with Gasteiger partial charge in [0.2, 0.25) is 0 Å². The number of anilines is 1. The number of halogens is 2. The van der Waals surface area contributed by atoms with Gasteiger partial charge in [0.15, 0.2) is 5.84 Å². The Kier molecular flexibility index (Phi) is 6.61. The molecule has 0 radical (unpaired) electrons. The maximum absolute atomic E-state index is 13.2. The average Bonchev–Trinajstić information content (AvgIpc) is 3.01. The summed E-state index contributed by atoms with van der Waals surface area (Å²) in [6.07, 6.45) is 5.63. The quantitative estimate of drug-likeness (QED) is 0.425. The Morgan fingerprint density at radius 1 is 1.03 bits per heavy atom. The summed E-state index contributed by atoms with van der Waals surface area (Å²) in [6.45, 7) is 0.561. The predicted molar refractivity (Wildman–Crippen MR) is 145 cm³/mol. The number of benzene rings is 3. The first-order valence-electron chi connectivity index (χ1n) is 10.8. The highest BCUT2D eigenvalue weighted by atomic mass is 79.9. The first-order chi connectivity index (χ1) is 17.3. The highest BCUT2D eigenvalue weighted by Gasteiger charge is 2.22. The van der Waals surface area contributed by atoms with Crippen LogP contribution in [-0.4, -0.2) is 30.9 Å². The minimum absolute atomic E-state index is 0.0625. The van der Waals surface area contributed by atoms with E-state index in [1.807, 2.05) is 47.5 Å². The van der Waals surface area contributed by atoms with Crippen LogP contribution < -0.4 is 4.72 Å². The molecule has 2 aliphatic rings. The third-order valence-corrected chi connectivity index (χ3v) is 7.58. The first kappa shape index (κ1) is 24.2. The molecule has 10 heteroatoms. The molecule has 1 N–H and O–H groups in total. The van der Waals surface area contributed by atoms with Gasteiger partial charge in [0.25, 0.3) is 15.9 Å². The number of nitrogens with one attached hydrogen (secondary N) is 1. The molecule has 0 saturated heterocycles. The SMILES string of the molecule is O=C(N=C1N=C2C=CC(Br)=CN2Cc2ccccc21)c1cccc(S(=O)(=O)Nc2ccc(Cl)cc2)c1.